The highest BCUT2D eigenvalue weighted by atomic mass is 16.5. The van der Waals surface area contributed by atoms with Gasteiger partial charge in [0.15, 0.2) is 5.82 Å². The van der Waals surface area contributed by atoms with Gasteiger partial charge in [-0.2, -0.15) is 4.98 Å². The van der Waals surface area contributed by atoms with Crippen LogP contribution in [0.2, 0.25) is 0 Å². The molecule has 6 nitrogen and oxygen atoms in total. The van der Waals surface area contributed by atoms with E-state index in [2.05, 4.69) is 10.1 Å². The van der Waals surface area contributed by atoms with Crippen molar-refractivity contribution >= 4 is 5.91 Å². The highest BCUT2D eigenvalue weighted by molar-refractivity contribution is 5.76. The van der Waals surface area contributed by atoms with Crippen LogP contribution >= 0.6 is 0 Å². The fourth-order valence-electron chi connectivity index (χ4n) is 2.04. The molecule has 2 rings (SSSR count). The summed E-state index contributed by atoms with van der Waals surface area (Å²) in [6.45, 7) is 3.68. The summed E-state index contributed by atoms with van der Waals surface area (Å²) in [6, 6.07) is 0. The van der Waals surface area contributed by atoms with Gasteiger partial charge in [-0.05, 0) is 6.42 Å². The minimum absolute atomic E-state index is 0.188. The van der Waals surface area contributed by atoms with Crippen LogP contribution in [0.5, 0.6) is 0 Å². The van der Waals surface area contributed by atoms with Crippen LogP contribution in [0.4, 0.5) is 0 Å². The molecule has 0 aliphatic carbocycles. The van der Waals surface area contributed by atoms with E-state index < -0.39 is 0 Å². The van der Waals surface area contributed by atoms with Crippen LogP contribution in [0, 0.1) is 0 Å². The first-order valence-electron chi connectivity index (χ1n) is 5.83. The fourth-order valence-corrected chi connectivity index (χ4v) is 2.04. The van der Waals surface area contributed by atoms with Crippen LogP contribution in [0.15, 0.2) is 4.52 Å². The lowest BCUT2D eigenvalue weighted by Gasteiger charge is -2.14. The van der Waals surface area contributed by atoms with E-state index in [1.54, 1.807) is 7.11 Å². The summed E-state index contributed by atoms with van der Waals surface area (Å²) in [5, 5.41) is 3.93. The van der Waals surface area contributed by atoms with Gasteiger partial charge in [-0.25, -0.2) is 0 Å². The highest BCUT2D eigenvalue weighted by Gasteiger charge is 2.29. The summed E-state index contributed by atoms with van der Waals surface area (Å²) in [6.07, 6.45) is 1.45. The molecule has 6 heteroatoms. The van der Waals surface area contributed by atoms with Crippen LogP contribution in [0.25, 0.3) is 0 Å². The average Bonchev–Trinajstić information content (AvgIpc) is 2.96. The zero-order valence-corrected chi connectivity index (χ0v) is 10.2. The zero-order chi connectivity index (χ0) is 12.3. The van der Waals surface area contributed by atoms with Gasteiger partial charge < -0.3 is 14.2 Å². The van der Waals surface area contributed by atoms with Gasteiger partial charge in [0.2, 0.25) is 5.91 Å². The first kappa shape index (κ1) is 12.0. The van der Waals surface area contributed by atoms with Gasteiger partial charge in [0, 0.05) is 32.5 Å². The second-order valence-electron chi connectivity index (χ2n) is 4.16. The van der Waals surface area contributed by atoms with Crippen molar-refractivity contribution in [2.24, 2.45) is 0 Å². The minimum Gasteiger partial charge on any atom is -0.375 e. The smallest absolute Gasteiger partial charge is 0.252 e. The SMILES string of the molecule is CCC(=O)N1CCC(c2noc(COC)n2)C1. The molecule has 1 amide bonds. The summed E-state index contributed by atoms with van der Waals surface area (Å²) in [4.78, 5) is 17.7. The summed E-state index contributed by atoms with van der Waals surface area (Å²) in [7, 11) is 1.58. The monoisotopic (exact) mass is 239 g/mol. The Bertz CT molecular complexity index is 391. The number of carbonyl (C=O) groups is 1. The number of carbonyl (C=O) groups excluding carboxylic acids is 1. The number of hydrogen-bond donors (Lipinski definition) is 0. The van der Waals surface area contributed by atoms with Crippen molar-refractivity contribution in [3.8, 4) is 0 Å². The van der Waals surface area contributed by atoms with Gasteiger partial charge in [0.05, 0.1) is 0 Å². The predicted molar refractivity (Wildman–Crippen MR) is 59.2 cm³/mol. The Morgan fingerprint density at radius 1 is 1.65 bits per heavy atom. The van der Waals surface area contributed by atoms with E-state index in [0.717, 1.165) is 13.0 Å². The summed E-state index contributed by atoms with van der Waals surface area (Å²) >= 11 is 0. The average molecular weight is 239 g/mol. The van der Waals surface area contributed by atoms with E-state index in [0.29, 0.717) is 31.3 Å². The van der Waals surface area contributed by atoms with Crippen molar-refractivity contribution in [2.75, 3.05) is 20.2 Å². The van der Waals surface area contributed by atoms with Crippen molar-refractivity contribution in [1.29, 1.82) is 0 Å². The number of aromatic nitrogens is 2. The van der Waals surface area contributed by atoms with Crippen LogP contribution in [-0.4, -0.2) is 41.1 Å². The number of nitrogens with zero attached hydrogens (tertiary/aromatic N) is 3. The number of ether oxygens (including phenoxy) is 1. The summed E-state index contributed by atoms with van der Waals surface area (Å²) in [5.41, 5.74) is 0. The molecule has 0 spiro atoms. The maximum Gasteiger partial charge on any atom is 0.252 e. The Labute approximate surface area is 99.9 Å². The van der Waals surface area contributed by atoms with Crippen LogP contribution in [0.1, 0.15) is 37.4 Å². The lowest BCUT2D eigenvalue weighted by atomic mass is 10.1. The van der Waals surface area contributed by atoms with Gasteiger partial charge in [-0.15, -0.1) is 0 Å². The van der Waals surface area contributed by atoms with Crippen LogP contribution < -0.4 is 0 Å². The van der Waals surface area contributed by atoms with Crippen LogP contribution in [0.3, 0.4) is 0 Å². The Kier molecular flexibility index (Phi) is 3.73. The van der Waals surface area contributed by atoms with Crippen molar-refractivity contribution in [1.82, 2.24) is 15.0 Å². The quantitative estimate of drug-likeness (QED) is 0.782. The second kappa shape index (κ2) is 5.27. The molecule has 2 heterocycles. The third-order valence-electron chi connectivity index (χ3n) is 2.96. The van der Waals surface area contributed by atoms with E-state index in [1.165, 1.54) is 0 Å². The molecule has 1 aromatic rings. The molecule has 0 radical (unpaired) electrons. The van der Waals surface area contributed by atoms with E-state index in [9.17, 15) is 4.79 Å². The van der Waals surface area contributed by atoms with Gasteiger partial charge in [-0.3, -0.25) is 4.79 Å². The molecule has 1 aromatic heterocycles. The molecule has 0 aromatic carbocycles. The Hall–Kier alpha value is -1.43. The normalized spacial score (nSPS) is 19.9. The number of rotatable bonds is 4. The lowest BCUT2D eigenvalue weighted by molar-refractivity contribution is -0.129. The maximum absolute atomic E-state index is 11.5. The van der Waals surface area contributed by atoms with E-state index in [4.69, 9.17) is 9.26 Å². The van der Waals surface area contributed by atoms with Crippen molar-refractivity contribution in [2.45, 2.75) is 32.3 Å². The van der Waals surface area contributed by atoms with Gasteiger partial charge in [0.25, 0.3) is 5.89 Å². The highest BCUT2D eigenvalue weighted by Crippen LogP contribution is 2.25. The molecule has 0 bridgehead atoms. The van der Waals surface area contributed by atoms with Crippen molar-refractivity contribution in [3.63, 3.8) is 0 Å². The van der Waals surface area contributed by atoms with Crippen LogP contribution in [-0.2, 0) is 16.1 Å². The molecule has 1 aliphatic rings. The van der Waals surface area contributed by atoms with E-state index in [1.807, 2.05) is 11.8 Å². The molecular formula is C11H17N3O3. The molecule has 1 atom stereocenters. The van der Waals surface area contributed by atoms with E-state index in [-0.39, 0.29) is 11.8 Å². The largest absolute Gasteiger partial charge is 0.375 e. The predicted octanol–water partition coefficient (Wildman–Crippen LogP) is 0.942. The minimum atomic E-state index is 0.188. The fraction of sp³-hybridized carbons (Fsp3) is 0.727. The topological polar surface area (TPSA) is 68.5 Å². The molecule has 94 valence electrons. The zero-order valence-electron chi connectivity index (χ0n) is 10.2. The molecular weight excluding hydrogens is 222 g/mol. The van der Waals surface area contributed by atoms with Crippen molar-refractivity contribution < 1.29 is 14.1 Å². The third kappa shape index (κ3) is 2.63. The molecule has 17 heavy (non-hydrogen) atoms. The Morgan fingerprint density at radius 3 is 3.18 bits per heavy atom. The summed E-state index contributed by atoms with van der Waals surface area (Å²) < 4.78 is 9.97. The van der Waals surface area contributed by atoms with E-state index >= 15 is 0 Å². The number of likely N-dealkylation sites (tertiary alicyclic amines) is 1. The second-order valence-corrected chi connectivity index (χ2v) is 4.16. The van der Waals surface area contributed by atoms with Gasteiger partial charge >= 0.3 is 0 Å². The van der Waals surface area contributed by atoms with Gasteiger partial charge in [-0.1, -0.05) is 12.1 Å². The standard InChI is InChI=1S/C11H17N3O3/c1-3-10(15)14-5-4-8(6-14)11-12-9(7-16-2)17-13-11/h8H,3-7H2,1-2H3. The number of methoxy groups -OCH3 is 1. The Balaban J connectivity index is 1.97. The lowest BCUT2D eigenvalue weighted by Crippen LogP contribution is -2.27. The van der Waals surface area contributed by atoms with Crippen molar-refractivity contribution in [3.05, 3.63) is 11.7 Å². The molecule has 1 fully saturated rings. The first-order valence-corrected chi connectivity index (χ1v) is 5.83. The molecule has 1 unspecified atom stereocenters. The third-order valence-corrected chi connectivity index (χ3v) is 2.96. The molecule has 0 saturated carbocycles. The molecule has 1 saturated heterocycles. The molecule has 1 aliphatic heterocycles. The summed E-state index contributed by atoms with van der Waals surface area (Å²) in [5.74, 6) is 1.55. The maximum atomic E-state index is 11.5. The Morgan fingerprint density at radius 2 is 2.47 bits per heavy atom. The molecule has 0 N–H and O–H groups in total. The van der Waals surface area contributed by atoms with Gasteiger partial charge in [0.1, 0.15) is 6.61 Å². The first-order chi connectivity index (χ1) is 8.24. The number of amides is 1. The number of hydrogen-bond acceptors (Lipinski definition) is 5.